The van der Waals surface area contributed by atoms with Crippen LogP contribution in [0.15, 0.2) is 12.4 Å². The van der Waals surface area contributed by atoms with E-state index < -0.39 is 0 Å². The number of hydrogen-bond acceptors (Lipinski definition) is 3. The van der Waals surface area contributed by atoms with Gasteiger partial charge < -0.3 is 10.3 Å². The lowest BCUT2D eigenvalue weighted by atomic mass is 9.86. The van der Waals surface area contributed by atoms with Crippen molar-refractivity contribution in [2.45, 2.75) is 39.4 Å². The molecule has 1 aliphatic rings. The first-order valence-electron chi connectivity index (χ1n) is 6.03. The van der Waals surface area contributed by atoms with Crippen LogP contribution in [-0.2, 0) is 13.1 Å². The number of fused-ring (bicyclic) bond motifs is 1. The van der Waals surface area contributed by atoms with E-state index >= 15 is 0 Å². The topological polar surface area (TPSA) is 47.1 Å². The maximum atomic E-state index is 5.97. The van der Waals surface area contributed by atoms with E-state index in [1.54, 1.807) is 0 Å². The lowest BCUT2D eigenvalue weighted by molar-refractivity contribution is 0.0406. The Hall–Kier alpha value is -0.870. The van der Waals surface area contributed by atoms with Crippen LogP contribution in [0.4, 0.5) is 0 Å². The lowest BCUT2D eigenvalue weighted by Gasteiger charge is -2.45. The molecule has 1 unspecified atom stereocenters. The van der Waals surface area contributed by atoms with Gasteiger partial charge in [-0.2, -0.15) is 0 Å². The monoisotopic (exact) mass is 222 g/mol. The van der Waals surface area contributed by atoms with Gasteiger partial charge in [0, 0.05) is 37.6 Å². The fourth-order valence-electron chi connectivity index (χ4n) is 2.34. The number of imidazole rings is 1. The first kappa shape index (κ1) is 11.6. The molecule has 0 radical (unpaired) electrons. The number of aromatic nitrogens is 2. The summed E-state index contributed by atoms with van der Waals surface area (Å²) in [7, 11) is 0. The summed E-state index contributed by atoms with van der Waals surface area (Å²) in [5.74, 6) is 1.71. The highest BCUT2D eigenvalue weighted by molar-refractivity contribution is 5.00. The van der Waals surface area contributed by atoms with Crippen LogP contribution < -0.4 is 5.73 Å². The van der Waals surface area contributed by atoms with Gasteiger partial charge in [0.15, 0.2) is 0 Å². The molecule has 16 heavy (non-hydrogen) atoms. The largest absolute Gasteiger partial charge is 0.333 e. The Bertz CT molecular complexity index is 358. The molecule has 2 N–H and O–H groups in total. The normalized spacial score (nSPS) is 20.8. The Morgan fingerprint density at radius 3 is 2.88 bits per heavy atom. The van der Waals surface area contributed by atoms with E-state index in [4.69, 9.17) is 5.73 Å². The van der Waals surface area contributed by atoms with Crippen LogP contribution in [0.2, 0.25) is 0 Å². The van der Waals surface area contributed by atoms with Crippen molar-refractivity contribution in [1.82, 2.24) is 14.5 Å². The summed E-state index contributed by atoms with van der Waals surface area (Å²) in [6.45, 7) is 10.5. The van der Waals surface area contributed by atoms with E-state index in [2.05, 4.69) is 41.4 Å². The Labute approximate surface area is 97.4 Å². The standard InChI is InChI=1S/C12H22N4/c1-10(2)12(3,9-13)16-7-6-15-5-4-14-11(15)8-16/h4-5,10H,6-9,13H2,1-3H3. The molecule has 2 heterocycles. The zero-order valence-corrected chi connectivity index (χ0v) is 10.5. The maximum absolute atomic E-state index is 5.97. The van der Waals surface area contributed by atoms with Gasteiger partial charge >= 0.3 is 0 Å². The summed E-state index contributed by atoms with van der Waals surface area (Å²) < 4.78 is 2.23. The number of nitrogens with zero attached hydrogens (tertiary/aromatic N) is 3. The first-order chi connectivity index (χ1) is 7.58. The van der Waals surface area contributed by atoms with E-state index in [9.17, 15) is 0 Å². The quantitative estimate of drug-likeness (QED) is 0.832. The van der Waals surface area contributed by atoms with Crippen molar-refractivity contribution in [1.29, 1.82) is 0 Å². The molecule has 0 fully saturated rings. The molecule has 0 saturated carbocycles. The SMILES string of the molecule is CC(C)C(C)(CN)N1CCn2ccnc2C1. The smallest absolute Gasteiger partial charge is 0.122 e. The highest BCUT2D eigenvalue weighted by Crippen LogP contribution is 2.27. The van der Waals surface area contributed by atoms with Crippen molar-refractivity contribution in [3.8, 4) is 0 Å². The van der Waals surface area contributed by atoms with E-state index in [1.165, 1.54) is 0 Å². The first-order valence-corrected chi connectivity index (χ1v) is 6.03. The molecule has 0 bridgehead atoms. The van der Waals surface area contributed by atoms with Crippen LogP contribution in [-0.4, -0.2) is 33.1 Å². The van der Waals surface area contributed by atoms with Crippen LogP contribution in [0.3, 0.4) is 0 Å². The number of hydrogen-bond donors (Lipinski definition) is 1. The molecule has 4 heteroatoms. The van der Waals surface area contributed by atoms with Crippen LogP contribution in [0.1, 0.15) is 26.6 Å². The lowest BCUT2D eigenvalue weighted by Crippen LogP contribution is -2.57. The van der Waals surface area contributed by atoms with Crippen molar-refractivity contribution in [2.24, 2.45) is 11.7 Å². The van der Waals surface area contributed by atoms with Crippen molar-refractivity contribution in [3.05, 3.63) is 18.2 Å². The van der Waals surface area contributed by atoms with Crippen LogP contribution in [0.5, 0.6) is 0 Å². The maximum Gasteiger partial charge on any atom is 0.122 e. The second-order valence-corrected chi connectivity index (χ2v) is 5.17. The fraction of sp³-hybridized carbons (Fsp3) is 0.750. The van der Waals surface area contributed by atoms with Crippen molar-refractivity contribution < 1.29 is 0 Å². The van der Waals surface area contributed by atoms with E-state index in [0.29, 0.717) is 12.5 Å². The zero-order chi connectivity index (χ0) is 11.8. The van der Waals surface area contributed by atoms with Crippen molar-refractivity contribution in [3.63, 3.8) is 0 Å². The van der Waals surface area contributed by atoms with E-state index in [0.717, 1.165) is 25.5 Å². The Kier molecular flexibility index (Phi) is 3.04. The molecule has 90 valence electrons. The second kappa shape index (κ2) is 4.18. The summed E-state index contributed by atoms with van der Waals surface area (Å²) in [5, 5.41) is 0. The van der Waals surface area contributed by atoms with Crippen LogP contribution in [0.25, 0.3) is 0 Å². The van der Waals surface area contributed by atoms with Gasteiger partial charge in [0.1, 0.15) is 5.82 Å². The highest BCUT2D eigenvalue weighted by atomic mass is 15.3. The van der Waals surface area contributed by atoms with Gasteiger partial charge in [0.2, 0.25) is 0 Å². The van der Waals surface area contributed by atoms with Gasteiger partial charge in [-0.1, -0.05) is 13.8 Å². The van der Waals surface area contributed by atoms with E-state index in [-0.39, 0.29) is 5.54 Å². The molecular weight excluding hydrogens is 200 g/mol. The Balaban J connectivity index is 2.19. The van der Waals surface area contributed by atoms with E-state index in [1.807, 2.05) is 6.20 Å². The summed E-state index contributed by atoms with van der Waals surface area (Å²) >= 11 is 0. The molecular formula is C12H22N4. The highest BCUT2D eigenvalue weighted by Gasteiger charge is 2.35. The molecule has 0 saturated heterocycles. The second-order valence-electron chi connectivity index (χ2n) is 5.17. The summed E-state index contributed by atoms with van der Waals surface area (Å²) in [5.41, 5.74) is 6.05. The Morgan fingerprint density at radius 1 is 1.50 bits per heavy atom. The summed E-state index contributed by atoms with van der Waals surface area (Å²) in [6, 6.07) is 0. The van der Waals surface area contributed by atoms with Gasteiger partial charge in [-0.15, -0.1) is 0 Å². The number of rotatable bonds is 3. The molecule has 0 aliphatic carbocycles. The summed E-state index contributed by atoms with van der Waals surface area (Å²) in [6.07, 6.45) is 3.94. The van der Waals surface area contributed by atoms with Gasteiger partial charge in [-0.25, -0.2) is 4.98 Å². The van der Waals surface area contributed by atoms with Crippen LogP contribution in [0, 0.1) is 5.92 Å². The molecule has 1 aromatic rings. The molecule has 1 atom stereocenters. The average molecular weight is 222 g/mol. The van der Waals surface area contributed by atoms with Crippen molar-refractivity contribution in [2.75, 3.05) is 13.1 Å². The fourth-order valence-corrected chi connectivity index (χ4v) is 2.34. The molecule has 1 aromatic heterocycles. The van der Waals surface area contributed by atoms with Gasteiger partial charge in [0.25, 0.3) is 0 Å². The molecule has 0 aromatic carbocycles. The van der Waals surface area contributed by atoms with Gasteiger partial charge in [-0.3, -0.25) is 4.90 Å². The van der Waals surface area contributed by atoms with Gasteiger partial charge in [0.05, 0.1) is 6.54 Å². The predicted molar refractivity (Wildman–Crippen MR) is 64.9 cm³/mol. The third-order valence-electron chi connectivity index (χ3n) is 4.12. The van der Waals surface area contributed by atoms with Crippen molar-refractivity contribution >= 4 is 0 Å². The summed E-state index contributed by atoms with van der Waals surface area (Å²) in [4.78, 5) is 6.87. The minimum absolute atomic E-state index is 0.0806. The molecule has 0 spiro atoms. The minimum atomic E-state index is 0.0806. The van der Waals surface area contributed by atoms with Crippen LogP contribution >= 0.6 is 0 Å². The third kappa shape index (κ3) is 1.76. The molecule has 1 aliphatic heterocycles. The molecule has 0 amide bonds. The zero-order valence-electron chi connectivity index (χ0n) is 10.5. The number of nitrogens with two attached hydrogens (primary N) is 1. The van der Waals surface area contributed by atoms with Gasteiger partial charge in [-0.05, 0) is 12.8 Å². The molecule has 2 rings (SSSR count). The molecule has 4 nitrogen and oxygen atoms in total. The Morgan fingerprint density at radius 2 is 2.25 bits per heavy atom. The predicted octanol–water partition coefficient (Wildman–Crippen LogP) is 1.07. The third-order valence-corrected chi connectivity index (χ3v) is 4.12. The minimum Gasteiger partial charge on any atom is -0.333 e. The average Bonchev–Trinajstić information content (AvgIpc) is 2.74.